The van der Waals surface area contributed by atoms with Crippen molar-refractivity contribution in [1.29, 1.82) is 0 Å². The summed E-state index contributed by atoms with van der Waals surface area (Å²) in [5, 5.41) is 5.59. The largest absolute Gasteiger partial charge is 0.573 e. The van der Waals surface area contributed by atoms with Crippen LogP contribution in [0.4, 0.5) is 26.3 Å². The van der Waals surface area contributed by atoms with Crippen LogP contribution in [0.2, 0.25) is 0 Å². The Morgan fingerprint density at radius 2 is 1.86 bits per heavy atom. The summed E-state index contributed by atoms with van der Waals surface area (Å²) >= 11 is 0.623. The zero-order chi connectivity index (χ0) is 25.6. The summed E-state index contributed by atoms with van der Waals surface area (Å²) in [5.74, 6) is -0.761. The van der Waals surface area contributed by atoms with Crippen molar-refractivity contribution < 1.29 is 40.3 Å². The monoisotopic (exact) mass is 521 g/mol. The van der Waals surface area contributed by atoms with Gasteiger partial charge in [0.05, 0.1) is 17.3 Å². The first-order chi connectivity index (χ1) is 16.4. The molecule has 3 aromatic rings. The molecule has 0 saturated heterocycles. The van der Waals surface area contributed by atoms with Crippen LogP contribution < -0.4 is 15.4 Å². The molecule has 3 rings (SSSR count). The third-order valence-electron chi connectivity index (χ3n) is 4.73. The van der Waals surface area contributed by atoms with E-state index in [0.717, 1.165) is 17.9 Å². The predicted molar refractivity (Wildman–Crippen MR) is 115 cm³/mol. The highest BCUT2D eigenvalue weighted by molar-refractivity contribution is 7.13. The molecular formula is C22H21F6N3O3S. The highest BCUT2D eigenvalue weighted by Gasteiger charge is 2.39. The molecule has 1 aromatic carbocycles. The molecule has 0 aliphatic heterocycles. The van der Waals surface area contributed by atoms with Crippen LogP contribution in [0.1, 0.15) is 44.7 Å². The molecule has 13 heteroatoms. The molecule has 1 atom stereocenters. The Hall–Kier alpha value is -3.06. The molecule has 35 heavy (non-hydrogen) atoms. The zero-order valence-electron chi connectivity index (χ0n) is 18.3. The van der Waals surface area contributed by atoms with E-state index in [2.05, 4.69) is 20.4 Å². The van der Waals surface area contributed by atoms with Crippen molar-refractivity contribution >= 4 is 17.2 Å². The fourth-order valence-electron chi connectivity index (χ4n) is 3.13. The number of alkyl halides is 6. The summed E-state index contributed by atoms with van der Waals surface area (Å²) in [4.78, 5) is 15.7. The molecule has 2 N–H and O–H groups in total. The predicted octanol–water partition coefficient (Wildman–Crippen LogP) is 5.52. The smallest absolute Gasteiger partial charge is 0.469 e. The number of thiazole rings is 1. The average Bonchev–Trinajstić information content (AvgIpc) is 3.42. The van der Waals surface area contributed by atoms with Crippen molar-refractivity contribution in [2.24, 2.45) is 0 Å². The minimum atomic E-state index is -4.90. The summed E-state index contributed by atoms with van der Waals surface area (Å²) in [6.45, 7) is 2.32. The maximum atomic E-state index is 13.5. The zero-order valence-corrected chi connectivity index (χ0v) is 19.1. The molecule has 0 bridgehead atoms. The van der Waals surface area contributed by atoms with Gasteiger partial charge in [0, 0.05) is 25.9 Å². The van der Waals surface area contributed by atoms with E-state index in [4.69, 9.17) is 4.42 Å². The fraction of sp³-hybridized carbons (Fsp3) is 0.364. The van der Waals surface area contributed by atoms with Gasteiger partial charge in [0.1, 0.15) is 16.4 Å². The molecule has 2 heterocycles. The molecule has 6 nitrogen and oxygen atoms in total. The molecule has 0 spiro atoms. The molecule has 2 aromatic heterocycles. The van der Waals surface area contributed by atoms with Crippen LogP contribution in [-0.2, 0) is 19.0 Å². The minimum absolute atomic E-state index is 0.126. The number of ether oxygens (including phenoxy) is 1. The van der Waals surface area contributed by atoms with Gasteiger partial charge in [0.15, 0.2) is 5.69 Å². The second kappa shape index (κ2) is 11.1. The lowest BCUT2D eigenvalue weighted by molar-refractivity contribution is -0.274. The van der Waals surface area contributed by atoms with Gasteiger partial charge in [-0.3, -0.25) is 4.79 Å². The van der Waals surface area contributed by atoms with E-state index in [9.17, 15) is 31.1 Å². The van der Waals surface area contributed by atoms with Crippen molar-refractivity contribution in [3.8, 4) is 5.75 Å². The van der Waals surface area contributed by atoms with Gasteiger partial charge < -0.3 is 19.8 Å². The van der Waals surface area contributed by atoms with Crippen LogP contribution >= 0.6 is 11.3 Å². The van der Waals surface area contributed by atoms with Crippen LogP contribution in [0, 0.1) is 0 Å². The standard InChI is InChI=1S/C22H21F6N3O3S/c1-13(14-4-2-5-16(12-14)34-22(26,27)28)30-20(32)18-19(21(23,24)25)31-17(35-18)8-10-29-9-7-15-6-3-11-33-15/h2-6,11-13,29H,7-10H2,1H3,(H,30,32). The lowest BCUT2D eigenvalue weighted by Crippen LogP contribution is -2.28. The van der Waals surface area contributed by atoms with E-state index in [1.54, 1.807) is 12.3 Å². The second-order valence-corrected chi connectivity index (χ2v) is 8.51. The van der Waals surface area contributed by atoms with Gasteiger partial charge in [-0.25, -0.2) is 4.98 Å². The third kappa shape index (κ3) is 7.99. The van der Waals surface area contributed by atoms with Crippen LogP contribution in [0.3, 0.4) is 0 Å². The van der Waals surface area contributed by atoms with Crippen molar-refractivity contribution in [1.82, 2.24) is 15.6 Å². The van der Waals surface area contributed by atoms with Gasteiger partial charge in [0.25, 0.3) is 5.91 Å². The van der Waals surface area contributed by atoms with Crippen molar-refractivity contribution in [3.05, 3.63) is 69.6 Å². The number of hydrogen-bond acceptors (Lipinski definition) is 6. The summed E-state index contributed by atoms with van der Waals surface area (Å²) in [6.07, 6.45) is -7.42. The van der Waals surface area contributed by atoms with Gasteiger partial charge >= 0.3 is 12.5 Å². The van der Waals surface area contributed by atoms with Gasteiger partial charge in [-0.1, -0.05) is 12.1 Å². The molecule has 0 aliphatic carbocycles. The summed E-state index contributed by atoms with van der Waals surface area (Å²) in [6, 6.07) is 7.50. The van der Waals surface area contributed by atoms with Gasteiger partial charge in [0.2, 0.25) is 0 Å². The summed E-state index contributed by atoms with van der Waals surface area (Å²) in [7, 11) is 0. The number of hydrogen-bond donors (Lipinski definition) is 2. The first-order valence-electron chi connectivity index (χ1n) is 10.4. The Morgan fingerprint density at radius 3 is 2.51 bits per heavy atom. The van der Waals surface area contributed by atoms with Gasteiger partial charge in [-0.05, 0) is 36.8 Å². The Kier molecular flexibility index (Phi) is 8.43. The number of benzene rings is 1. The topological polar surface area (TPSA) is 76.4 Å². The quantitative estimate of drug-likeness (QED) is 0.272. The number of nitrogens with one attached hydrogen (secondary N) is 2. The highest BCUT2D eigenvalue weighted by atomic mass is 32.1. The second-order valence-electron chi connectivity index (χ2n) is 7.43. The van der Waals surface area contributed by atoms with E-state index in [0.29, 0.717) is 30.8 Å². The fourth-order valence-corrected chi connectivity index (χ4v) is 4.12. The lowest BCUT2D eigenvalue weighted by Gasteiger charge is -2.16. The third-order valence-corrected chi connectivity index (χ3v) is 5.84. The molecule has 0 saturated carbocycles. The Labute approximate surface area is 200 Å². The number of nitrogens with zero attached hydrogens (tertiary/aromatic N) is 1. The lowest BCUT2D eigenvalue weighted by atomic mass is 10.1. The first-order valence-corrected chi connectivity index (χ1v) is 11.2. The van der Waals surface area contributed by atoms with E-state index >= 15 is 0 Å². The van der Waals surface area contributed by atoms with Crippen molar-refractivity contribution in [3.63, 3.8) is 0 Å². The van der Waals surface area contributed by atoms with E-state index in [1.807, 2.05) is 6.07 Å². The summed E-state index contributed by atoms with van der Waals surface area (Å²) < 4.78 is 86.9. The molecule has 0 radical (unpaired) electrons. The Morgan fingerprint density at radius 1 is 1.11 bits per heavy atom. The Bertz CT molecular complexity index is 1110. The van der Waals surface area contributed by atoms with Crippen LogP contribution in [-0.4, -0.2) is 30.3 Å². The number of aromatic nitrogens is 1. The van der Waals surface area contributed by atoms with E-state index in [1.165, 1.54) is 19.1 Å². The number of furan rings is 1. The molecule has 0 fully saturated rings. The molecular weight excluding hydrogens is 500 g/mol. The van der Waals surface area contributed by atoms with E-state index < -0.39 is 40.8 Å². The van der Waals surface area contributed by atoms with Gasteiger partial charge in [-0.15, -0.1) is 24.5 Å². The molecule has 1 amide bonds. The van der Waals surface area contributed by atoms with Crippen molar-refractivity contribution in [2.75, 3.05) is 13.1 Å². The number of carbonyl (C=O) groups is 1. The SMILES string of the molecule is CC(NC(=O)c1sc(CCNCCc2ccco2)nc1C(F)(F)F)c1cccc(OC(F)(F)F)c1. The molecule has 1 unspecified atom stereocenters. The van der Waals surface area contributed by atoms with Crippen molar-refractivity contribution in [2.45, 2.75) is 38.3 Å². The first kappa shape index (κ1) is 26.5. The molecule has 0 aliphatic rings. The minimum Gasteiger partial charge on any atom is -0.469 e. The molecule has 190 valence electrons. The van der Waals surface area contributed by atoms with Crippen LogP contribution in [0.25, 0.3) is 0 Å². The number of carbonyl (C=O) groups excluding carboxylic acids is 1. The maximum Gasteiger partial charge on any atom is 0.573 e. The summed E-state index contributed by atoms with van der Waals surface area (Å²) in [5.41, 5.74) is -1.08. The average molecular weight is 521 g/mol. The van der Waals surface area contributed by atoms with E-state index in [-0.39, 0.29) is 17.0 Å². The normalized spacial score (nSPS) is 13.0. The van der Waals surface area contributed by atoms with Gasteiger partial charge in [-0.2, -0.15) is 13.2 Å². The number of rotatable bonds is 10. The van der Waals surface area contributed by atoms with Crippen LogP contribution in [0.15, 0.2) is 47.1 Å². The highest BCUT2D eigenvalue weighted by Crippen LogP contribution is 2.35. The Balaban J connectivity index is 1.64. The maximum absolute atomic E-state index is 13.5. The number of halogens is 6. The van der Waals surface area contributed by atoms with Crippen LogP contribution in [0.5, 0.6) is 5.75 Å². The number of amides is 1.